The van der Waals surface area contributed by atoms with Crippen LogP contribution in [-0.2, 0) is 4.74 Å². The van der Waals surface area contributed by atoms with Gasteiger partial charge < -0.3 is 15.4 Å². The summed E-state index contributed by atoms with van der Waals surface area (Å²) in [7, 11) is 0. The summed E-state index contributed by atoms with van der Waals surface area (Å²) in [6.45, 7) is 7.38. The standard InChI is InChI=1S/C19H33N3O/c1-3-18(8-5-9-18)13-21-17(20-4-2)22-15-14-7-12-23-16(14)19(15)10-6-11-19/h14-16H,3-13H2,1-2H3,(H2,20,21,22). The number of hydrogen-bond acceptors (Lipinski definition) is 2. The highest BCUT2D eigenvalue weighted by Crippen LogP contribution is 2.62. The van der Waals surface area contributed by atoms with E-state index in [0.717, 1.165) is 25.7 Å². The molecule has 4 rings (SSSR count). The molecule has 0 aromatic carbocycles. The Hall–Kier alpha value is -0.770. The van der Waals surface area contributed by atoms with Gasteiger partial charge in [0.2, 0.25) is 0 Å². The first-order valence-corrected chi connectivity index (χ1v) is 9.89. The zero-order valence-electron chi connectivity index (χ0n) is 14.9. The summed E-state index contributed by atoms with van der Waals surface area (Å²) in [5, 5.41) is 7.31. The number of ether oxygens (including phenoxy) is 1. The lowest BCUT2D eigenvalue weighted by molar-refractivity contribution is -0.171. The fourth-order valence-electron chi connectivity index (χ4n) is 5.47. The van der Waals surface area contributed by atoms with Crippen LogP contribution in [0.4, 0.5) is 0 Å². The first-order chi connectivity index (χ1) is 11.2. The van der Waals surface area contributed by atoms with Crippen molar-refractivity contribution < 1.29 is 4.74 Å². The highest BCUT2D eigenvalue weighted by molar-refractivity contribution is 5.80. The Balaban J connectivity index is 1.43. The van der Waals surface area contributed by atoms with E-state index < -0.39 is 0 Å². The lowest BCUT2D eigenvalue weighted by Gasteiger charge is -2.63. The van der Waals surface area contributed by atoms with Crippen molar-refractivity contribution >= 4 is 5.96 Å². The summed E-state index contributed by atoms with van der Waals surface area (Å²) in [6, 6.07) is 0.584. The molecule has 3 unspecified atom stereocenters. The zero-order valence-corrected chi connectivity index (χ0v) is 14.9. The molecule has 4 aliphatic rings. The second-order valence-corrected chi connectivity index (χ2v) is 8.35. The van der Waals surface area contributed by atoms with E-state index >= 15 is 0 Å². The monoisotopic (exact) mass is 319 g/mol. The van der Waals surface area contributed by atoms with E-state index in [0.29, 0.717) is 28.9 Å². The maximum atomic E-state index is 6.04. The van der Waals surface area contributed by atoms with Crippen LogP contribution in [0.5, 0.6) is 0 Å². The fourth-order valence-corrected chi connectivity index (χ4v) is 5.47. The molecule has 0 aromatic rings. The molecule has 4 heteroatoms. The van der Waals surface area contributed by atoms with Crippen molar-refractivity contribution in [2.75, 3.05) is 19.7 Å². The van der Waals surface area contributed by atoms with E-state index in [1.807, 2.05) is 0 Å². The van der Waals surface area contributed by atoms with Crippen molar-refractivity contribution in [2.24, 2.45) is 21.7 Å². The Morgan fingerprint density at radius 2 is 1.96 bits per heavy atom. The molecule has 4 nitrogen and oxygen atoms in total. The van der Waals surface area contributed by atoms with Gasteiger partial charge in [0.15, 0.2) is 5.96 Å². The van der Waals surface area contributed by atoms with Gasteiger partial charge in [0.1, 0.15) is 0 Å². The van der Waals surface area contributed by atoms with Crippen LogP contribution in [0.15, 0.2) is 4.99 Å². The number of aliphatic imine (C=N–C) groups is 1. The topological polar surface area (TPSA) is 45.7 Å². The van der Waals surface area contributed by atoms with Gasteiger partial charge in [-0.25, -0.2) is 0 Å². The maximum Gasteiger partial charge on any atom is 0.191 e. The molecule has 2 N–H and O–H groups in total. The van der Waals surface area contributed by atoms with Crippen LogP contribution < -0.4 is 10.6 Å². The predicted octanol–water partition coefficient (Wildman–Crippen LogP) is 3.08. The molecule has 130 valence electrons. The summed E-state index contributed by atoms with van der Waals surface area (Å²) in [4.78, 5) is 4.99. The average Bonchev–Trinajstić information content (AvgIpc) is 2.87. The minimum atomic E-state index is 0.427. The molecule has 3 atom stereocenters. The van der Waals surface area contributed by atoms with Crippen molar-refractivity contribution in [3.8, 4) is 0 Å². The molecule has 0 aromatic heterocycles. The van der Waals surface area contributed by atoms with Crippen molar-refractivity contribution in [3.63, 3.8) is 0 Å². The molecule has 23 heavy (non-hydrogen) atoms. The maximum absolute atomic E-state index is 6.04. The third-order valence-corrected chi connectivity index (χ3v) is 7.41. The minimum Gasteiger partial charge on any atom is -0.377 e. The Kier molecular flexibility index (Phi) is 4.07. The number of hydrogen-bond donors (Lipinski definition) is 2. The summed E-state index contributed by atoms with van der Waals surface area (Å²) in [5.41, 5.74) is 0.922. The Morgan fingerprint density at radius 3 is 2.52 bits per heavy atom. The van der Waals surface area contributed by atoms with E-state index in [9.17, 15) is 0 Å². The molecule has 1 aliphatic heterocycles. The summed E-state index contributed by atoms with van der Waals surface area (Å²) < 4.78 is 6.04. The van der Waals surface area contributed by atoms with Gasteiger partial charge in [-0.1, -0.05) is 19.8 Å². The number of nitrogens with zero attached hydrogens (tertiary/aromatic N) is 1. The van der Waals surface area contributed by atoms with Crippen molar-refractivity contribution in [2.45, 2.75) is 77.4 Å². The van der Waals surface area contributed by atoms with Crippen molar-refractivity contribution in [3.05, 3.63) is 0 Å². The molecule has 1 spiro atoms. The number of guanidine groups is 1. The van der Waals surface area contributed by atoms with Crippen molar-refractivity contribution in [1.82, 2.24) is 10.6 Å². The van der Waals surface area contributed by atoms with Crippen LogP contribution in [0.3, 0.4) is 0 Å². The van der Waals surface area contributed by atoms with Crippen LogP contribution in [0.1, 0.15) is 65.2 Å². The highest BCUT2D eigenvalue weighted by Gasteiger charge is 2.66. The molecule has 0 radical (unpaired) electrons. The predicted molar refractivity (Wildman–Crippen MR) is 93.6 cm³/mol. The van der Waals surface area contributed by atoms with E-state index in [1.54, 1.807) is 0 Å². The minimum absolute atomic E-state index is 0.427. The van der Waals surface area contributed by atoms with E-state index in [2.05, 4.69) is 24.5 Å². The van der Waals surface area contributed by atoms with Crippen molar-refractivity contribution in [1.29, 1.82) is 0 Å². The van der Waals surface area contributed by atoms with Crippen LogP contribution in [0.25, 0.3) is 0 Å². The summed E-state index contributed by atoms with van der Waals surface area (Å²) in [6.07, 6.45) is 11.2. The number of rotatable bonds is 5. The van der Waals surface area contributed by atoms with E-state index in [-0.39, 0.29) is 0 Å². The molecule has 1 saturated heterocycles. The molecular formula is C19H33N3O. The van der Waals surface area contributed by atoms with Gasteiger partial charge in [0.05, 0.1) is 6.10 Å². The van der Waals surface area contributed by atoms with Gasteiger partial charge >= 0.3 is 0 Å². The van der Waals surface area contributed by atoms with E-state index in [1.165, 1.54) is 51.4 Å². The zero-order chi connectivity index (χ0) is 15.9. The van der Waals surface area contributed by atoms with E-state index in [4.69, 9.17) is 9.73 Å². The molecule has 4 fully saturated rings. The van der Waals surface area contributed by atoms with Gasteiger partial charge in [-0.15, -0.1) is 0 Å². The molecule has 3 aliphatic carbocycles. The third-order valence-electron chi connectivity index (χ3n) is 7.41. The third kappa shape index (κ3) is 2.40. The second kappa shape index (κ2) is 5.94. The molecular weight excluding hydrogens is 286 g/mol. The quantitative estimate of drug-likeness (QED) is 0.605. The van der Waals surface area contributed by atoms with Gasteiger partial charge in [-0.3, -0.25) is 4.99 Å². The number of fused-ring (bicyclic) bond motifs is 2. The molecule has 3 saturated carbocycles. The lowest BCUT2D eigenvalue weighted by Crippen LogP contribution is -2.72. The van der Waals surface area contributed by atoms with Gasteiger partial charge in [-0.05, 0) is 50.9 Å². The van der Waals surface area contributed by atoms with Gasteiger partial charge in [-0.2, -0.15) is 0 Å². The Labute approximate surface area is 140 Å². The van der Waals surface area contributed by atoms with Crippen LogP contribution in [0, 0.1) is 16.7 Å². The molecule has 0 bridgehead atoms. The van der Waals surface area contributed by atoms with Gasteiger partial charge in [0.25, 0.3) is 0 Å². The largest absolute Gasteiger partial charge is 0.377 e. The fraction of sp³-hybridized carbons (Fsp3) is 0.947. The summed E-state index contributed by atoms with van der Waals surface area (Å²) >= 11 is 0. The average molecular weight is 319 g/mol. The first kappa shape index (κ1) is 15.7. The number of nitrogens with one attached hydrogen (secondary N) is 2. The Morgan fingerprint density at radius 1 is 1.17 bits per heavy atom. The highest BCUT2D eigenvalue weighted by atomic mass is 16.5. The smallest absolute Gasteiger partial charge is 0.191 e. The first-order valence-electron chi connectivity index (χ1n) is 9.89. The molecule has 0 amide bonds. The van der Waals surface area contributed by atoms with Crippen LogP contribution in [0.2, 0.25) is 0 Å². The second-order valence-electron chi connectivity index (χ2n) is 8.35. The van der Waals surface area contributed by atoms with Crippen LogP contribution >= 0.6 is 0 Å². The normalized spacial score (nSPS) is 36.6. The van der Waals surface area contributed by atoms with Crippen LogP contribution in [-0.4, -0.2) is 37.8 Å². The summed E-state index contributed by atoms with van der Waals surface area (Å²) in [5.74, 6) is 1.76. The molecule has 1 heterocycles. The van der Waals surface area contributed by atoms with Gasteiger partial charge in [0, 0.05) is 37.1 Å². The lowest BCUT2D eigenvalue weighted by atomic mass is 9.46. The SMILES string of the molecule is CCNC(=NCC1(CC)CCC1)NC1C2CCOC2C12CCC2. The Bertz CT molecular complexity index is 462.